The Bertz CT molecular complexity index is 625. The molecule has 1 unspecified atom stereocenters. The van der Waals surface area contributed by atoms with Crippen LogP contribution >= 0.6 is 0 Å². The van der Waals surface area contributed by atoms with Gasteiger partial charge in [0.1, 0.15) is 5.75 Å². The van der Waals surface area contributed by atoms with E-state index < -0.39 is 0 Å². The van der Waals surface area contributed by atoms with Crippen LogP contribution in [0.3, 0.4) is 0 Å². The molecule has 0 aliphatic heterocycles. The Labute approximate surface area is 126 Å². The van der Waals surface area contributed by atoms with Gasteiger partial charge >= 0.3 is 0 Å². The molecule has 1 aromatic heterocycles. The Morgan fingerprint density at radius 1 is 1.19 bits per heavy atom. The molecule has 0 fully saturated rings. The first kappa shape index (κ1) is 15.5. The molecule has 2 rings (SSSR count). The number of hydrogen-bond donors (Lipinski definition) is 2. The molecule has 0 bridgehead atoms. The molecule has 21 heavy (non-hydrogen) atoms. The van der Waals surface area contributed by atoms with E-state index in [2.05, 4.69) is 29.5 Å². The number of nitrogens with two attached hydrogens (primary N) is 1. The maximum Gasteiger partial charge on any atom is 0.128 e. The molecule has 0 spiro atoms. The Kier molecular flexibility index (Phi) is 4.94. The van der Waals surface area contributed by atoms with Gasteiger partial charge in [-0.3, -0.25) is 16.3 Å². The molecule has 0 radical (unpaired) electrons. The number of benzene rings is 1. The predicted molar refractivity (Wildman–Crippen MR) is 85.2 cm³/mol. The summed E-state index contributed by atoms with van der Waals surface area (Å²) in [5.74, 6) is 6.67. The molecule has 1 atom stereocenters. The molecular weight excluding hydrogens is 262 g/mol. The summed E-state index contributed by atoms with van der Waals surface area (Å²) in [6.45, 7) is 6.14. The highest BCUT2D eigenvalue weighted by Crippen LogP contribution is 2.27. The second kappa shape index (κ2) is 6.70. The second-order valence-electron chi connectivity index (χ2n) is 5.33. The van der Waals surface area contributed by atoms with E-state index in [1.165, 1.54) is 11.1 Å². The monoisotopic (exact) mass is 285 g/mol. The number of methoxy groups -OCH3 is 1. The smallest absolute Gasteiger partial charge is 0.128 e. The number of nitrogens with zero attached hydrogens (tertiary/aromatic N) is 1. The minimum Gasteiger partial charge on any atom is -0.496 e. The van der Waals surface area contributed by atoms with Gasteiger partial charge in [-0.15, -0.1) is 0 Å². The minimum atomic E-state index is 0.0322. The van der Waals surface area contributed by atoms with E-state index in [4.69, 9.17) is 10.6 Å². The van der Waals surface area contributed by atoms with Crippen LogP contribution in [0.2, 0.25) is 0 Å². The fourth-order valence-corrected chi connectivity index (χ4v) is 2.71. The zero-order valence-electron chi connectivity index (χ0n) is 13.1. The second-order valence-corrected chi connectivity index (χ2v) is 5.33. The number of ether oxygens (including phenoxy) is 1. The van der Waals surface area contributed by atoms with E-state index in [0.29, 0.717) is 0 Å². The lowest BCUT2D eigenvalue weighted by Gasteiger charge is -2.20. The summed E-state index contributed by atoms with van der Waals surface area (Å²) >= 11 is 0. The maximum absolute atomic E-state index is 5.76. The minimum absolute atomic E-state index is 0.0322. The summed E-state index contributed by atoms with van der Waals surface area (Å²) in [6, 6.07) is 8.29. The maximum atomic E-state index is 5.76. The zero-order valence-corrected chi connectivity index (χ0v) is 13.1. The van der Waals surface area contributed by atoms with E-state index in [1.807, 2.05) is 32.2 Å². The molecule has 0 amide bonds. The van der Waals surface area contributed by atoms with Crippen LogP contribution in [0.15, 0.2) is 30.5 Å². The topological polar surface area (TPSA) is 60.2 Å². The molecule has 0 saturated heterocycles. The summed E-state index contributed by atoms with van der Waals surface area (Å²) in [4.78, 5) is 4.55. The van der Waals surface area contributed by atoms with Gasteiger partial charge in [0.25, 0.3) is 0 Å². The van der Waals surface area contributed by atoms with E-state index in [9.17, 15) is 0 Å². The van der Waals surface area contributed by atoms with Gasteiger partial charge < -0.3 is 4.74 Å². The number of nitrogens with one attached hydrogen (secondary N) is 1. The SMILES string of the molecule is COc1c(C)cnc(CC(NN)c2ccccc2C)c1C. The average molecular weight is 285 g/mol. The summed E-state index contributed by atoms with van der Waals surface area (Å²) in [6.07, 6.45) is 2.58. The Hall–Kier alpha value is -1.91. The lowest BCUT2D eigenvalue weighted by Crippen LogP contribution is -2.30. The van der Waals surface area contributed by atoms with Crippen LogP contribution in [-0.2, 0) is 6.42 Å². The third-order valence-electron chi connectivity index (χ3n) is 3.91. The van der Waals surface area contributed by atoms with Crippen molar-refractivity contribution in [2.24, 2.45) is 5.84 Å². The first-order valence-corrected chi connectivity index (χ1v) is 7.09. The quantitative estimate of drug-likeness (QED) is 0.655. The van der Waals surface area contributed by atoms with Crippen LogP contribution in [0, 0.1) is 20.8 Å². The summed E-state index contributed by atoms with van der Waals surface area (Å²) in [5.41, 5.74) is 8.45. The standard InChI is InChI=1S/C17H23N3O/c1-11-7-5-6-8-14(11)16(20-18)9-15-13(3)17(21-4)12(2)10-19-15/h5-8,10,16,20H,9,18H2,1-4H3. The first-order chi connectivity index (χ1) is 10.1. The van der Waals surface area contributed by atoms with Gasteiger partial charge in [0.15, 0.2) is 0 Å². The van der Waals surface area contributed by atoms with Gasteiger partial charge in [-0.25, -0.2) is 0 Å². The van der Waals surface area contributed by atoms with Gasteiger partial charge in [-0.2, -0.15) is 0 Å². The Morgan fingerprint density at radius 3 is 2.52 bits per heavy atom. The molecule has 3 N–H and O–H groups in total. The largest absolute Gasteiger partial charge is 0.496 e. The highest BCUT2D eigenvalue weighted by molar-refractivity contribution is 5.42. The fourth-order valence-electron chi connectivity index (χ4n) is 2.71. The number of aryl methyl sites for hydroxylation is 2. The molecule has 0 aliphatic rings. The van der Waals surface area contributed by atoms with Crippen LogP contribution in [0.4, 0.5) is 0 Å². The Morgan fingerprint density at radius 2 is 1.90 bits per heavy atom. The van der Waals surface area contributed by atoms with Crippen molar-refractivity contribution in [1.82, 2.24) is 10.4 Å². The molecule has 0 saturated carbocycles. The van der Waals surface area contributed by atoms with E-state index >= 15 is 0 Å². The van der Waals surface area contributed by atoms with Gasteiger partial charge in [0.05, 0.1) is 13.2 Å². The average Bonchev–Trinajstić information content (AvgIpc) is 2.48. The van der Waals surface area contributed by atoms with Crippen molar-refractivity contribution < 1.29 is 4.74 Å². The molecule has 4 nitrogen and oxygen atoms in total. The van der Waals surface area contributed by atoms with Gasteiger partial charge in [0.2, 0.25) is 0 Å². The van der Waals surface area contributed by atoms with Crippen molar-refractivity contribution in [2.75, 3.05) is 7.11 Å². The molecule has 112 valence electrons. The van der Waals surface area contributed by atoms with E-state index in [0.717, 1.165) is 29.0 Å². The Balaban J connectivity index is 2.34. The lowest BCUT2D eigenvalue weighted by atomic mass is 9.96. The number of hydrazine groups is 1. The highest BCUT2D eigenvalue weighted by Gasteiger charge is 2.17. The third kappa shape index (κ3) is 3.23. The number of rotatable bonds is 5. The zero-order chi connectivity index (χ0) is 15.4. The van der Waals surface area contributed by atoms with Crippen molar-refractivity contribution >= 4 is 0 Å². The highest BCUT2D eigenvalue weighted by atomic mass is 16.5. The van der Waals surface area contributed by atoms with Gasteiger partial charge in [0, 0.05) is 29.4 Å². The van der Waals surface area contributed by atoms with Gasteiger partial charge in [-0.05, 0) is 31.9 Å². The molecule has 1 aromatic carbocycles. The number of pyridine rings is 1. The van der Waals surface area contributed by atoms with Crippen LogP contribution in [0.1, 0.15) is 34.0 Å². The fraction of sp³-hybridized carbons (Fsp3) is 0.353. The molecule has 1 heterocycles. The van der Waals surface area contributed by atoms with Gasteiger partial charge in [-0.1, -0.05) is 24.3 Å². The summed E-state index contributed by atoms with van der Waals surface area (Å²) < 4.78 is 5.47. The lowest BCUT2D eigenvalue weighted by molar-refractivity contribution is 0.406. The van der Waals surface area contributed by atoms with Crippen molar-refractivity contribution in [2.45, 2.75) is 33.2 Å². The van der Waals surface area contributed by atoms with Crippen molar-refractivity contribution in [3.63, 3.8) is 0 Å². The first-order valence-electron chi connectivity index (χ1n) is 7.09. The van der Waals surface area contributed by atoms with Crippen molar-refractivity contribution in [3.8, 4) is 5.75 Å². The van der Waals surface area contributed by atoms with E-state index in [-0.39, 0.29) is 6.04 Å². The van der Waals surface area contributed by atoms with Crippen LogP contribution < -0.4 is 16.0 Å². The molecule has 2 aromatic rings. The van der Waals surface area contributed by atoms with Crippen molar-refractivity contribution in [3.05, 3.63) is 58.4 Å². The van der Waals surface area contributed by atoms with Crippen LogP contribution in [0.25, 0.3) is 0 Å². The number of hydrogen-bond acceptors (Lipinski definition) is 4. The third-order valence-corrected chi connectivity index (χ3v) is 3.91. The van der Waals surface area contributed by atoms with Crippen molar-refractivity contribution in [1.29, 1.82) is 0 Å². The van der Waals surface area contributed by atoms with E-state index in [1.54, 1.807) is 7.11 Å². The molecule has 4 heteroatoms. The predicted octanol–water partition coefficient (Wildman–Crippen LogP) is 2.76. The normalized spacial score (nSPS) is 12.2. The molecule has 0 aliphatic carbocycles. The summed E-state index contributed by atoms with van der Waals surface area (Å²) in [5, 5.41) is 0. The van der Waals surface area contributed by atoms with Crippen LogP contribution in [0.5, 0.6) is 5.75 Å². The molecular formula is C17H23N3O. The van der Waals surface area contributed by atoms with Crippen LogP contribution in [-0.4, -0.2) is 12.1 Å². The summed E-state index contributed by atoms with van der Waals surface area (Å²) in [7, 11) is 1.69. The number of aromatic nitrogens is 1.